The summed E-state index contributed by atoms with van der Waals surface area (Å²) in [6.07, 6.45) is 1.79. The fourth-order valence-corrected chi connectivity index (χ4v) is 3.31. The highest BCUT2D eigenvalue weighted by Crippen LogP contribution is 2.22. The third-order valence-electron chi connectivity index (χ3n) is 5.06. The van der Waals surface area contributed by atoms with Gasteiger partial charge in [-0.1, -0.05) is 30.3 Å². The molecule has 0 unspecified atom stereocenters. The van der Waals surface area contributed by atoms with E-state index in [4.69, 9.17) is 15.2 Å². The van der Waals surface area contributed by atoms with Gasteiger partial charge in [-0.15, -0.1) is 0 Å². The van der Waals surface area contributed by atoms with E-state index in [1.165, 1.54) is 5.56 Å². The number of ether oxygens (including phenoxy) is 2. The second-order valence-corrected chi connectivity index (χ2v) is 7.39. The van der Waals surface area contributed by atoms with Crippen molar-refractivity contribution < 1.29 is 19.1 Å². The van der Waals surface area contributed by atoms with Crippen LogP contribution in [0.4, 0.5) is 0 Å². The standard InChI is InChI=1S/C26H28N2O4/c1-31-19-18-28(17-5-8-20-6-3-2-4-7-20)26(30)22-11-15-24(16-12-22)32-23-13-9-21(10-14-23)25(27)29/h2-4,6-7,9-16H,5,8,17-19H2,1H3,(H2,27,29). The summed E-state index contributed by atoms with van der Waals surface area (Å²) in [5, 5.41) is 0. The van der Waals surface area contributed by atoms with Crippen LogP contribution in [-0.4, -0.2) is 43.5 Å². The van der Waals surface area contributed by atoms with E-state index in [-0.39, 0.29) is 5.91 Å². The average molecular weight is 433 g/mol. The van der Waals surface area contributed by atoms with Crippen molar-refractivity contribution in [3.05, 3.63) is 95.6 Å². The van der Waals surface area contributed by atoms with Crippen molar-refractivity contribution in [2.45, 2.75) is 12.8 Å². The summed E-state index contributed by atoms with van der Waals surface area (Å²) < 4.78 is 11.0. The number of methoxy groups -OCH3 is 1. The lowest BCUT2D eigenvalue weighted by atomic mass is 10.1. The van der Waals surface area contributed by atoms with E-state index < -0.39 is 5.91 Å². The van der Waals surface area contributed by atoms with E-state index in [2.05, 4.69) is 12.1 Å². The third kappa shape index (κ3) is 6.68. The van der Waals surface area contributed by atoms with Crippen LogP contribution in [0, 0.1) is 0 Å². The Morgan fingerprint density at radius 2 is 1.41 bits per heavy atom. The Balaban J connectivity index is 1.60. The van der Waals surface area contributed by atoms with E-state index in [1.54, 1.807) is 55.6 Å². The highest BCUT2D eigenvalue weighted by Gasteiger charge is 2.15. The van der Waals surface area contributed by atoms with Crippen LogP contribution >= 0.6 is 0 Å². The highest BCUT2D eigenvalue weighted by atomic mass is 16.5. The minimum atomic E-state index is -0.485. The summed E-state index contributed by atoms with van der Waals surface area (Å²) in [6.45, 7) is 1.68. The van der Waals surface area contributed by atoms with Crippen LogP contribution in [-0.2, 0) is 11.2 Å². The number of nitrogens with two attached hydrogens (primary N) is 1. The van der Waals surface area contributed by atoms with E-state index in [1.807, 2.05) is 23.1 Å². The zero-order chi connectivity index (χ0) is 22.8. The molecule has 0 aliphatic rings. The molecule has 2 amide bonds. The number of carbonyl (C=O) groups is 2. The maximum absolute atomic E-state index is 13.0. The van der Waals surface area contributed by atoms with Crippen molar-refractivity contribution in [2.24, 2.45) is 5.73 Å². The average Bonchev–Trinajstić information content (AvgIpc) is 2.82. The number of hydrogen-bond acceptors (Lipinski definition) is 4. The number of rotatable bonds is 11. The highest BCUT2D eigenvalue weighted by molar-refractivity contribution is 5.94. The molecule has 0 heterocycles. The largest absolute Gasteiger partial charge is 0.457 e. The second-order valence-electron chi connectivity index (χ2n) is 7.39. The normalized spacial score (nSPS) is 10.5. The van der Waals surface area contributed by atoms with E-state index in [0.717, 1.165) is 12.8 Å². The minimum Gasteiger partial charge on any atom is -0.457 e. The van der Waals surface area contributed by atoms with Crippen LogP contribution in [0.15, 0.2) is 78.9 Å². The Bertz CT molecular complexity index is 1000. The molecule has 0 saturated carbocycles. The molecule has 0 aromatic heterocycles. The van der Waals surface area contributed by atoms with E-state index >= 15 is 0 Å². The molecule has 3 rings (SSSR count). The van der Waals surface area contributed by atoms with Crippen molar-refractivity contribution in [2.75, 3.05) is 26.8 Å². The molecule has 32 heavy (non-hydrogen) atoms. The van der Waals surface area contributed by atoms with Crippen molar-refractivity contribution in [3.8, 4) is 11.5 Å². The lowest BCUT2D eigenvalue weighted by Crippen LogP contribution is -2.35. The van der Waals surface area contributed by atoms with Gasteiger partial charge in [0.25, 0.3) is 5.91 Å². The molecule has 2 N–H and O–H groups in total. The van der Waals surface area contributed by atoms with Gasteiger partial charge < -0.3 is 20.1 Å². The molecule has 0 fully saturated rings. The van der Waals surface area contributed by atoms with Crippen molar-refractivity contribution in [1.29, 1.82) is 0 Å². The molecule has 166 valence electrons. The minimum absolute atomic E-state index is 0.0347. The maximum atomic E-state index is 13.0. The van der Waals surface area contributed by atoms with Crippen LogP contribution in [0.5, 0.6) is 11.5 Å². The second kappa shape index (κ2) is 11.7. The smallest absolute Gasteiger partial charge is 0.253 e. The number of primary amides is 1. The molecule has 0 saturated heterocycles. The van der Waals surface area contributed by atoms with Gasteiger partial charge in [-0.25, -0.2) is 0 Å². The fourth-order valence-electron chi connectivity index (χ4n) is 3.31. The van der Waals surface area contributed by atoms with Crippen molar-refractivity contribution in [1.82, 2.24) is 4.90 Å². The van der Waals surface area contributed by atoms with Crippen molar-refractivity contribution >= 4 is 11.8 Å². The fraction of sp³-hybridized carbons (Fsp3) is 0.231. The molecule has 0 aliphatic heterocycles. The van der Waals surface area contributed by atoms with Gasteiger partial charge in [0.2, 0.25) is 5.91 Å². The van der Waals surface area contributed by atoms with E-state index in [9.17, 15) is 9.59 Å². The zero-order valence-electron chi connectivity index (χ0n) is 18.2. The molecular formula is C26H28N2O4. The predicted molar refractivity (Wildman–Crippen MR) is 124 cm³/mol. The van der Waals surface area contributed by atoms with Gasteiger partial charge in [0.1, 0.15) is 11.5 Å². The third-order valence-corrected chi connectivity index (χ3v) is 5.06. The molecule has 0 atom stereocenters. The summed E-state index contributed by atoms with van der Waals surface area (Å²) in [6, 6.07) is 23.9. The Kier molecular flexibility index (Phi) is 8.40. The van der Waals surface area contributed by atoms with Crippen LogP contribution < -0.4 is 10.5 Å². The molecule has 0 spiro atoms. The van der Waals surface area contributed by atoms with Gasteiger partial charge in [-0.2, -0.15) is 0 Å². The topological polar surface area (TPSA) is 81.9 Å². The van der Waals surface area contributed by atoms with Gasteiger partial charge in [-0.3, -0.25) is 9.59 Å². The number of carbonyl (C=O) groups excluding carboxylic acids is 2. The Morgan fingerprint density at radius 3 is 1.97 bits per heavy atom. The Labute approximate surface area is 188 Å². The van der Waals surface area contributed by atoms with Crippen LogP contribution in [0.1, 0.15) is 32.7 Å². The predicted octanol–water partition coefficient (Wildman–Crippen LogP) is 4.30. The van der Waals surface area contributed by atoms with Gasteiger partial charge in [0.05, 0.1) is 6.61 Å². The van der Waals surface area contributed by atoms with Gasteiger partial charge in [-0.05, 0) is 66.9 Å². The number of hydrogen-bond donors (Lipinski definition) is 1. The number of nitrogens with zero attached hydrogens (tertiary/aromatic N) is 1. The molecule has 3 aromatic rings. The lowest BCUT2D eigenvalue weighted by molar-refractivity contribution is 0.0693. The number of aryl methyl sites for hydroxylation is 1. The molecular weight excluding hydrogens is 404 g/mol. The molecule has 6 heteroatoms. The molecule has 0 radical (unpaired) electrons. The molecule has 3 aromatic carbocycles. The lowest BCUT2D eigenvalue weighted by Gasteiger charge is -2.22. The first kappa shape index (κ1) is 23.0. The summed E-state index contributed by atoms with van der Waals surface area (Å²) >= 11 is 0. The van der Waals surface area contributed by atoms with Gasteiger partial charge >= 0.3 is 0 Å². The Morgan fingerprint density at radius 1 is 0.812 bits per heavy atom. The SMILES string of the molecule is COCCN(CCCc1ccccc1)C(=O)c1ccc(Oc2ccc(C(N)=O)cc2)cc1. The summed E-state index contributed by atoms with van der Waals surface area (Å²) in [4.78, 5) is 26.0. The zero-order valence-corrected chi connectivity index (χ0v) is 18.2. The van der Waals surface area contributed by atoms with Crippen LogP contribution in [0.2, 0.25) is 0 Å². The summed E-state index contributed by atoms with van der Waals surface area (Å²) in [7, 11) is 1.63. The van der Waals surface area contributed by atoms with Crippen LogP contribution in [0.3, 0.4) is 0 Å². The van der Waals surface area contributed by atoms with Gasteiger partial charge in [0, 0.05) is 31.3 Å². The van der Waals surface area contributed by atoms with Crippen LogP contribution in [0.25, 0.3) is 0 Å². The molecule has 0 bridgehead atoms. The monoisotopic (exact) mass is 432 g/mol. The Hall–Kier alpha value is -3.64. The number of amides is 2. The quantitative estimate of drug-likeness (QED) is 0.490. The van der Waals surface area contributed by atoms with Crippen molar-refractivity contribution in [3.63, 3.8) is 0 Å². The maximum Gasteiger partial charge on any atom is 0.253 e. The molecule has 6 nitrogen and oxygen atoms in total. The first-order valence-corrected chi connectivity index (χ1v) is 10.6. The van der Waals surface area contributed by atoms with E-state index in [0.29, 0.717) is 42.3 Å². The molecule has 0 aliphatic carbocycles. The first-order valence-electron chi connectivity index (χ1n) is 10.6. The summed E-state index contributed by atoms with van der Waals surface area (Å²) in [5.41, 5.74) is 7.53. The summed E-state index contributed by atoms with van der Waals surface area (Å²) in [5.74, 6) is 0.659. The first-order chi connectivity index (χ1) is 15.6. The number of benzene rings is 3. The van der Waals surface area contributed by atoms with Gasteiger partial charge in [0.15, 0.2) is 0 Å².